The van der Waals surface area contributed by atoms with Gasteiger partial charge in [0, 0.05) is 24.3 Å². The van der Waals surface area contributed by atoms with E-state index in [1.165, 1.54) is 24.6 Å². The van der Waals surface area contributed by atoms with Crippen molar-refractivity contribution in [2.24, 2.45) is 0 Å². The molecule has 1 aromatic heterocycles. The van der Waals surface area contributed by atoms with Gasteiger partial charge in [-0.15, -0.1) is 0 Å². The van der Waals surface area contributed by atoms with Crippen LogP contribution >= 0.6 is 0 Å². The maximum atomic E-state index is 13.6. The molecule has 92 valence electrons. The lowest BCUT2D eigenvalue weighted by molar-refractivity contribution is 0.625. The van der Waals surface area contributed by atoms with Gasteiger partial charge in [0.25, 0.3) is 0 Å². The molecule has 0 atom stereocenters. The van der Waals surface area contributed by atoms with E-state index in [0.29, 0.717) is 11.6 Å². The van der Waals surface area contributed by atoms with E-state index in [0.717, 1.165) is 12.1 Å². The third-order valence-corrected chi connectivity index (χ3v) is 3.21. The fraction of sp³-hybridized carbons (Fsp3) is 0.267. The number of nitrogens with one attached hydrogen (secondary N) is 1. The van der Waals surface area contributed by atoms with E-state index in [1.54, 1.807) is 12.3 Å². The first-order valence-corrected chi connectivity index (χ1v) is 6.25. The Morgan fingerprint density at radius 3 is 2.61 bits per heavy atom. The summed E-state index contributed by atoms with van der Waals surface area (Å²) in [5.41, 5.74) is 2.73. The van der Waals surface area contributed by atoms with Crippen molar-refractivity contribution >= 4 is 0 Å². The minimum atomic E-state index is -0.277. The molecule has 1 fully saturated rings. The van der Waals surface area contributed by atoms with Gasteiger partial charge in [-0.05, 0) is 30.0 Å². The zero-order chi connectivity index (χ0) is 12.4. The highest BCUT2D eigenvalue weighted by Crippen LogP contribution is 2.23. The number of hydrogen-bond acceptors (Lipinski definition) is 2. The molecule has 2 aromatic rings. The summed E-state index contributed by atoms with van der Waals surface area (Å²) in [7, 11) is 0. The van der Waals surface area contributed by atoms with Gasteiger partial charge in [0.15, 0.2) is 0 Å². The molecule has 0 saturated heterocycles. The van der Waals surface area contributed by atoms with Crippen LogP contribution in [-0.2, 0) is 6.54 Å². The topological polar surface area (TPSA) is 24.9 Å². The van der Waals surface area contributed by atoms with Crippen LogP contribution in [0.3, 0.4) is 0 Å². The molecular weight excluding hydrogens is 227 g/mol. The van der Waals surface area contributed by atoms with Crippen LogP contribution in [0.2, 0.25) is 0 Å². The third-order valence-electron chi connectivity index (χ3n) is 3.21. The summed E-state index contributed by atoms with van der Waals surface area (Å²) in [6.45, 7) is 0.893. The van der Waals surface area contributed by atoms with Gasteiger partial charge in [0.2, 0.25) is 0 Å². The molecule has 1 N–H and O–H groups in total. The zero-order valence-corrected chi connectivity index (χ0v) is 10.1. The first-order valence-electron chi connectivity index (χ1n) is 6.25. The first-order chi connectivity index (χ1) is 8.83. The molecule has 3 heteroatoms. The highest BCUT2D eigenvalue weighted by Gasteiger charge is 2.19. The van der Waals surface area contributed by atoms with Crippen molar-refractivity contribution in [3.8, 4) is 11.1 Å². The summed E-state index contributed by atoms with van der Waals surface area (Å²) in [5, 5.41) is 3.46. The minimum Gasteiger partial charge on any atom is -0.310 e. The molecule has 18 heavy (non-hydrogen) atoms. The van der Waals surface area contributed by atoms with E-state index < -0.39 is 0 Å². The maximum absolute atomic E-state index is 13.6. The number of nitrogens with zero attached hydrogens (tertiary/aromatic N) is 1. The quantitative estimate of drug-likeness (QED) is 0.891. The normalized spacial score (nSPS) is 14.7. The number of halogens is 1. The third kappa shape index (κ3) is 2.57. The van der Waals surface area contributed by atoms with Gasteiger partial charge in [0.05, 0.1) is 6.20 Å². The average Bonchev–Trinajstić information content (AvgIpc) is 3.22. The van der Waals surface area contributed by atoms with Crippen LogP contribution in [-0.4, -0.2) is 11.0 Å². The van der Waals surface area contributed by atoms with Crippen LogP contribution in [0.15, 0.2) is 42.7 Å². The maximum Gasteiger partial charge on any atom is 0.149 e. The molecule has 3 rings (SSSR count). The van der Waals surface area contributed by atoms with Gasteiger partial charge < -0.3 is 5.32 Å². The second kappa shape index (κ2) is 4.86. The highest BCUT2D eigenvalue weighted by molar-refractivity contribution is 5.63. The highest BCUT2D eigenvalue weighted by atomic mass is 19.1. The Balaban J connectivity index is 1.75. The monoisotopic (exact) mass is 242 g/mol. The van der Waals surface area contributed by atoms with E-state index in [4.69, 9.17) is 0 Å². The second-order valence-electron chi connectivity index (χ2n) is 4.71. The van der Waals surface area contributed by atoms with Crippen LogP contribution in [0.25, 0.3) is 11.1 Å². The molecule has 0 amide bonds. The number of benzene rings is 1. The number of pyridine rings is 1. The van der Waals surface area contributed by atoms with E-state index in [1.807, 2.05) is 24.3 Å². The first kappa shape index (κ1) is 11.4. The van der Waals surface area contributed by atoms with Gasteiger partial charge >= 0.3 is 0 Å². The van der Waals surface area contributed by atoms with Crippen molar-refractivity contribution in [2.45, 2.75) is 25.4 Å². The lowest BCUT2D eigenvalue weighted by Gasteiger charge is -2.06. The summed E-state index contributed by atoms with van der Waals surface area (Å²) in [6, 6.07) is 10.4. The SMILES string of the molecule is Fc1cnccc1-c1ccc(CNC2CC2)cc1. The Labute approximate surface area is 106 Å². The summed E-state index contributed by atoms with van der Waals surface area (Å²) < 4.78 is 13.6. The fourth-order valence-electron chi connectivity index (χ4n) is 1.96. The predicted octanol–water partition coefficient (Wildman–Crippen LogP) is 3.14. The molecule has 2 nitrogen and oxygen atoms in total. The average molecular weight is 242 g/mol. The minimum absolute atomic E-state index is 0.277. The predicted molar refractivity (Wildman–Crippen MR) is 69.5 cm³/mol. The Kier molecular flexibility index (Phi) is 3.07. The summed E-state index contributed by atoms with van der Waals surface area (Å²) in [6.07, 6.45) is 5.44. The molecule has 1 aliphatic carbocycles. The van der Waals surface area contributed by atoms with Gasteiger partial charge in [-0.2, -0.15) is 0 Å². The van der Waals surface area contributed by atoms with Gasteiger partial charge in [-0.25, -0.2) is 4.39 Å². The molecule has 1 aliphatic rings. The fourth-order valence-corrected chi connectivity index (χ4v) is 1.96. The number of aromatic nitrogens is 1. The van der Waals surface area contributed by atoms with Crippen LogP contribution in [0.5, 0.6) is 0 Å². The molecule has 0 spiro atoms. The van der Waals surface area contributed by atoms with E-state index in [9.17, 15) is 4.39 Å². The van der Waals surface area contributed by atoms with Crippen molar-refractivity contribution in [3.63, 3.8) is 0 Å². The van der Waals surface area contributed by atoms with E-state index in [-0.39, 0.29) is 5.82 Å². The van der Waals surface area contributed by atoms with Crippen molar-refractivity contribution in [1.29, 1.82) is 0 Å². The smallest absolute Gasteiger partial charge is 0.149 e. The van der Waals surface area contributed by atoms with Crippen molar-refractivity contribution in [2.75, 3.05) is 0 Å². The van der Waals surface area contributed by atoms with E-state index >= 15 is 0 Å². The lowest BCUT2D eigenvalue weighted by atomic mass is 10.0. The Hall–Kier alpha value is -1.74. The van der Waals surface area contributed by atoms with Crippen LogP contribution in [0.4, 0.5) is 4.39 Å². The second-order valence-corrected chi connectivity index (χ2v) is 4.71. The molecule has 0 bridgehead atoms. The van der Waals surface area contributed by atoms with Crippen LogP contribution < -0.4 is 5.32 Å². The van der Waals surface area contributed by atoms with Crippen LogP contribution in [0, 0.1) is 5.82 Å². The van der Waals surface area contributed by atoms with Crippen LogP contribution in [0.1, 0.15) is 18.4 Å². The molecule has 1 saturated carbocycles. The van der Waals surface area contributed by atoms with Gasteiger partial charge in [-0.1, -0.05) is 24.3 Å². The molecule has 0 radical (unpaired) electrons. The number of rotatable bonds is 4. The summed E-state index contributed by atoms with van der Waals surface area (Å²) in [5.74, 6) is -0.277. The molecule has 1 heterocycles. The Bertz CT molecular complexity index is 532. The molecule has 1 aromatic carbocycles. The molecule has 0 unspecified atom stereocenters. The largest absolute Gasteiger partial charge is 0.310 e. The summed E-state index contributed by atoms with van der Waals surface area (Å²) >= 11 is 0. The van der Waals surface area contributed by atoms with Crippen molar-refractivity contribution < 1.29 is 4.39 Å². The lowest BCUT2D eigenvalue weighted by Crippen LogP contribution is -2.15. The molecular formula is C15H15FN2. The summed E-state index contributed by atoms with van der Waals surface area (Å²) in [4.78, 5) is 3.76. The Morgan fingerprint density at radius 2 is 1.94 bits per heavy atom. The van der Waals surface area contributed by atoms with Gasteiger partial charge in [-0.3, -0.25) is 4.98 Å². The number of hydrogen-bond donors (Lipinski definition) is 1. The van der Waals surface area contributed by atoms with E-state index in [2.05, 4.69) is 10.3 Å². The van der Waals surface area contributed by atoms with Crippen molar-refractivity contribution in [3.05, 3.63) is 54.1 Å². The molecule has 0 aliphatic heterocycles. The van der Waals surface area contributed by atoms with Gasteiger partial charge in [0.1, 0.15) is 5.82 Å². The standard InChI is InChI=1S/C15H15FN2/c16-15-10-17-8-7-14(15)12-3-1-11(2-4-12)9-18-13-5-6-13/h1-4,7-8,10,13,18H,5-6,9H2. The Morgan fingerprint density at radius 1 is 1.17 bits per heavy atom. The zero-order valence-electron chi connectivity index (χ0n) is 10.1. The van der Waals surface area contributed by atoms with Crippen molar-refractivity contribution in [1.82, 2.24) is 10.3 Å².